The summed E-state index contributed by atoms with van der Waals surface area (Å²) in [5.41, 5.74) is 1.13. The molecule has 0 saturated carbocycles. The van der Waals surface area contributed by atoms with Crippen molar-refractivity contribution in [1.29, 1.82) is 0 Å². The molecule has 2 aromatic rings. The lowest BCUT2D eigenvalue weighted by molar-refractivity contribution is 0.0649. The largest absolute Gasteiger partial charge is 0.340 e. The molecule has 3 rings (SSSR count). The van der Waals surface area contributed by atoms with E-state index in [0.717, 1.165) is 6.07 Å². The summed E-state index contributed by atoms with van der Waals surface area (Å²) in [5.74, 6) is -0.716. The Morgan fingerprint density at radius 1 is 1.20 bits per heavy atom. The number of aromatic nitrogens is 1. The first-order valence-corrected chi connectivity index (χ1v) is 9.47. The molecule has 1 aliphatic heterocycles. The number of halogens is 1. The van der Waals surface area contributed by atoms with Gasteiger partial charge in [0.15, 0.2) is 0 Å². The number of amides is 1. The van der Waals surface area contributed by atoms with E-state index in [2.05, 4.69) is 4.72 Å². The highest BCUT2D eigenvalue weighted by atomic mass is 32.2. The van der Waals surface area contributed by atoms with Gasteiger partial charge in [-0.2, -0.15) is 0 Å². The number of carbonyl (C=O) groups is 1. The molecule has 6 nitrogen and oxygen atoms in total. The number of nitrogens with one attached hydrogen (secondary N) is 1. The minimum atomic E-state index is -3.92. The van der Waals surface area contributed by atoms with Crippen LogP contribution in [-0.2, 0) is 16.6 Å². The summed E-state index contributed by atoms with van der Waals surface area (Å²) < 4.78 is 42.7. The number of rotatable bonds is 4. The van der Waals surface area contributed by atoms with E-state index in [1.807, 2.05) is 13.8 Å². The van der Waals surface area contributed by atoms with Crippen molar-refractivity contribution in [3.8, 4) is 0 Å². The molecule has 0 aliphatic carbocycles. The molecule has 1 aromatic heterocycles. The second kappa shape index (κ2) is 6.18. The molecule has 0 fully saturated rings. The van der Waals surface area contributed by atoms with Gasteiger partial charge < -0.3 is 9.47 Å². The minimum Gasteiger partial charge on any atom is -0.340 e. The summed E-state index contributed by atoms with van der Waals surface area (Å²) in [6, 6.07) is 5.32. The fraction of sp³-hybridized carbons (Fsp3) is 0.353. The van der Waals surface area contributed by atoms with Gasteiger partial charge in [-0.15, -0.1) is 0 Å². The van der Waals surface area contributed by atoms with Crippen LogP contribution in [0.3, 0.4) is 0 Å². The van der Waals surface area contributed by atoms with Crippen molar-refractivity contribution in [3.05, 3.63) is 47.5 Å². The molecule has 1 amide bonds. The number of hydrogen-bond donors (Lipinski definition) is 1. The first-order valence-electron chi connectivity index (χ1n) is 7.99. The quantitative estimate of drug-likeness (QED) is 0.905. The van der Waals surface area contributed by atoms with Crippen LogP contribution in [0.4, 0.5) is 10.1 Å². The highest BCUT2D eigenvalue weighted by molar-refractivity contribution is 7.92. The molecule has 25 heavy (non-hydrogen) atoms. The van der Waals surface area contributed by atoms with Gasteiger partial charge in [-0.05, 0) is 44.5 Å². The van der Waals surface area contributed by atoms with Gasteiger partial charge in [-0.1, -0.05) is 6.07 Å². The van der Waals surface area contributed by atoms with Gasteiger partial charge in [-0.25, -0.2) is 12.8 Å². The van der Waals surface area contributed by atoms with Crippen LogP contribution >= 0.6 is 0 Å². The average Bonchev–Trinajstić information content (AvgIpc) is 2.97. The second-order valence-corrected chi connectivity index (χ2v) is 8.09. The lowest BCUT2D eigenvalue weighted by Gasteiger charge is -2.31. The molecule has 8 heteroatoms. The Bertz CT molecular complexity index is 935. The molecule has 134 valence electrons. The summed E-state index contributed by atoms with van der Waals surface area (Å²) in [7, 11) is -3.92. The first kappa shape index (κ1) is 17.5. The third kappa shape index (κ3) is 3.26. The number of fused-ring (bicyclic) bond motifs is 1. The zero-order valence-electron chi connectivity index (χ0n) is 14.3. The van der Waals surface area contributed by atoms with Gasteiger partial charge in [0, 0.05) is 25.3 Å². The number of sulfonamides is 1. The van der Waals surface area contributed by atoms with Crippen LogP contribution in [0.25, 0.3) is 0 Å². The smallest absolute Gasteiger partial charge is 0.270 e. The number of aryl methyl sites for hydroxylation is 1. The Labute approximate surface area is 146 Å². The molecule has 0 saturated heterocycles. The van der Waals surface area contributed by atoms with Gasteiger partial charge in [0.1, 0.15) is 16.4 Å². The number of carbonyl (C=O) groups excluding carboxylic acids is 1. The standard InChI is InChI=1S/C17H20FN3O3S/c1-11(2)21-7-6-20-10-14(9-16(20)17(21)22)25(23,24)19-15-8-13(18)5-4-12(15)3/h4-5,8-11,19H,6-7H2,1-3H3. The van der Waals surface area contributed by atoms with E-state index in [-0.39, 0.29) is 22.5 Å². The van der Waals surface area contributed by atoms with Crippen molar-refractivity contribution in [2.24, 2.45) is 0 Å². The topological polar surface area (TPSA) is 71.4 Å². The second-order valence-electron chi connectivity index (χ2n) is 6.41. The summed E-state index contributed by atoms with van der Waals surface area (Å²) in [6.45, 7) is 6.60. The van der Waals surface area contributed by atoms with Crippen LogP contribution in [0.5, 0.6) is 0 Å². The van der Waals surface area contributed by atoms with E-state index in [0.29, 0.717) is 24.3 Å². The number of nitrogens with zero attached hydrogens (tertiary/aromatic N) is 2. The molecular weight excluding hydrogens is 345 g/mol. The predicted molar refractivity (Wildman–Crippen MR) is 92.6 cm³/mol. The van der Waals surface area contributed by atoms with E-state index >= 15 is 0 Å². The minimum absolute atomic E-state index is 0.00915. The van der Waals surface area contributed by atoms with Crippen LogP contribution in [0.1, 0.15) is 29.9 Å². The van der Waals surface area contributed by atoms with Crippen molar-refractivity contribution in [3.63, 3.8) is 0 Å². The van der Waals surface area contributed by atoms with Crippen LogP contribution in [0.2, 0.25) is 0 Å². The van der Waals surface area contributed by atoms with Crippen LogP contribution in [-0.4, -0.2) is 36.4 Å². The molecule has 0 spiro atoms. The highest BCUT2D eigenvalue weighted by Gasteiger charge is 2.29. The van der Waals surface area contributed by atoms with Gasteiger partial charge >= 0.3 is 0 Å². The van der Waals surface area contributed by atoms with Crippen molar-refractivity contribution >= 4 is 21.6 Å². The summed E-state index contributed by atoms with van der Waals surface area (Å²) in [5, 5.41) is 0. The van der Waals surface area contributed by atoms with Gasteiger partial charge in [0.05, 0.1) is 5.69 Å². The molecular formula is C17H20FN3O3S. The Morgan fingerprint density at radius 2 is 1.92 bits per heavy atom. The zero-order chi connectivity index (χ0) is 18.4. The average molecular weight is 365 g/mol. The molecule has 0 unspecified atom stereocenters. The molecule has 0 atom stereocenters. The van der Waals surface area contributed by atoms with Crippen molar-refractivity contribution < 1.29 is 17.6 Å². The van der Waals surface area contributed by atoms with Gasteiger partial charge in [0.2, 0.25) is 0 Å². The molecule has 1 N–H and O–H groups in total. The normalized spacial score (nSPS) is 14.8. The van der Waals surface area contributed by atoms with Crippen LogP contribution < -0.4 is 4.72 Å². The van der Waals surface area contributed by atoms with Crippen molar-refractivity contribution in [1.82, 2.24) is 9.47 Å². The maximum absolute atomic E-state index is 13.4. The van der Waals surface area contributed by atoms with Crippen molar-refractivity contribution in [2.45, 2.75) is 38.3 Å². The van der Waals surface area contributed by atoms with Crippen molar-refractivity contribution in [2.75, 3.05) is 11.3 Å². The number of benzene rings is 1. The fourth-order valence-corrected chi connectivity index (χ4v) is 4.02. The zero-order valence-corrected chi connectivity index (χ0v) is 15.1. The highest BCUT2D eigenvalue weighted by Crippen LogP contribution is 2.24. The molecule has 1 aliphatic rings. The molecule has 0 bridgehead atoms. The van der Waals surface area contributed by atoms with E-state index in [1.54, 1.807) is 16.4 Å². The lowest BCUT2D eigenvalue weighted by Crippen LogP contribution is -2.43. The summed E-state index contributed by atoms with van der Waals surface area (Å²) in [6.07, 6.45) is 1.45. The van der Waals surface area contributed by atoms with E-state index in [4.69, 9.17) is 0 Å². The monoisotopic (exact) mass is 365 g/mol. The third-order valence-corrected chi connectivity index (χ3v) is 5.64. The number of anilines is 1. The SMILES string of the molecule is Cc1ccc(F)cc1NS(=O)(=O)c1cc2n(c1)CCN(C(C)C)C2=O. The van der Waals surface area contributed by atoms with E-state index < -0.39 is 15.8 Å². The van der Waals surface area contributed by atoms with Gasteiger partial charge in [0.25, 0.3) is 15.9 Å². The molecule has 0 radical (unpaired) electrons. The number of hydrogen-bond acceptors (Lipinski definition) is 3. The first-order chi connectivity index (χ1) is 11.7. The Morgan fingerprint density at radius 3 is 2.60 bits per heavy atom. The van der Waals surface area contributed by atoms with Gasteiger partial charge in [-0.3, -0.25) is 9.52 Å². The van der Waals surface area contributed by atoms with E-state index in [9.17, 15) is 17.6 Å². The van der Waals surface area contributed by atoms with E-state index in [1.165, 1.54) is 24.4 Å². The van der Waals surface area contributed by atoms with Crippen LogP contribution in [0.15, 0.2) is 35.4 Å². The Balaban J connectivity index is 1.94. The summed E-state index contributed by atoms with van der Waals surface area (Å²) in [4.78, 5) is 14.2. The predicted octanol–water partition coefficient (Wildman–Crippen LogP) is 2.60. The lowest BCUT2D eigenvalue weighted by atomic mass is 10.2. The summed E-state index contributed by atoms with van der Waals surface area (Å²) >= 11 is 0. The third-order valence-electron chi connectivity index (χ3n) is 4.31. The Kier molecular flexibility index (Phi) is 4.32. The molecule has 2 heterocycles. The van der Waals surface area contributed by atoms with Crippen LogP contribution in [0, 0.1) is 12.7 Å². The maximum Gasteiger partial charge on any atom is 0.270 e. The molecule has 1 aromatic carbocycles. The Hall–Kier alpha value is -2.35. The fourth-order valence-electron chi connectivity index (χ4n) is 2.86. The maximum atomic E-state index is 13.4.